The molecule has 1 saturated heterocycles. The highest BCUT2D eigenvalue weighted by atomic mass is 16.5. The number of carbonyl (C=O) groups excluding carboxylic acids is 2. The van der Waals surface area contributed by atoms with Gasteiger partial charge in [0.1, 0.15) is 5.92 Å². The summed E-state index contributed by atoms with van der Waals surface area (Å²) in [6.45, 7) is 3.00. The van der Waals surface area contributed by atoms with Crippen LogP contribution in [0.4, 0.5) is 0 Å². The second-order valence-electron chi connectivity index (χ2n) is 4.62. The molecule has 0 unspecified atom stereocenters. The van der Waals surface area contributed by atoms with Gasteiger partial charge in [-0.05, 0) is 12.8 Å². The molecule has 104 valence electrons. The largest absolute Gasteiger partial charge is 0.469 e. The van der Waals surface area contributed by atoms with Crippen LogP contribution in [0.5, 0.6) is 0 Å². The molecule has 0 aromatic heterocycles. The molecular weight excluding hydrogens is 234 g/mol. The number of esters is 1. The molecule has 0 saturated carbocycles. The summed E-state index contributed by atoms with van der Waals surface area (Å²) in [6, 6.07) is -0.152. The summed E-state index contributed by atoms with van der Waals surface area (Å²) in [5.41, 5.74) is 0. The highest BCUT2D eigenvalue weighted by molar-refractivity contribution is 5.78. The van der Waals surface area contributed by atoms with Crippen LogP contribution in [0.15, 0.2) is 0 Å². The van der Waals surface area contributed by atoms with Crippen molar-refractivity contribution in [3.63, 3.8) is 0 Å². The minimum atomic E-state index is -0.376. The third kappa shape index (κ3) is 4.64. The molecular formula is C13H23NO4. The lowest BCUT2D eigenvalue weighted by molar-refractivity contribution is -0.151. The van der Waals surface area contributed by atoms with Crippen LogP contribution >= 0.6 is 0 Å². The summed E-state index contributed by atoms with van der Waals surface area (Å²) in [6.07, 6.45) is 4.24. The molecule has 1 heterocycles. The molecule has 0 aromatic carbocycles. The zero-order valence-corrected chi connectivity index (χ0v) is 11.2. The predicted octanol–water partition coefficient (Wildman–Crippen LogP) is 1.26. The number of hydrogen-bond donors (Lipinski definition) is 1. The summed E-state index contributed by atoms with van der Waals surface area (Å²) in [5, 5.41) is 2.92. The van der Waals surface area contributed by atoms with Crippen molar-refractivity contribution in [2.75, 3.05) is 20.3 Å². The number of rotatable bonds is 6. The van der Waals surface area contributed by atoms with E-state index in [0.29, 0.717) is 26.1 Å². The molecule has 0 aliphatic carbocycles. The van der Waals surface area contributed by atoms with Gasteiger partial charge in [-0.15, -0.1) is 0 Å². The molecule has 5 nitrogen and oxygen atoms in total. The van der Waals surface area contributed by atoms with Crippen LogP contribution in [0.25, 0.3) is 0 Å². The van der Waals surface area contributed by atoms with Crippen LogP contribution in [0, 0.1) is 5.92 Å². The van der Waals surface area contributed by atoms with Crippen LogP contribution in [0.1, 0.15) is 39.0 Å². The fourth-order valence-corrected chi connectivity index (χ4v) is 2.11. The van der Waals surface area contributed by atoms with Gasteiger partial charge in [-0.1, -0.05) is 19.8 Å². The van der Waals surface area contributed by atoms with Crippen molar-refractivity contribution >= 4 is 11.9 Å². The average Bonchev–Trinajstić information content (AvgIpc) is 2.39. The van der Waals surface area contributed by atoms with Crippen molar-refractivity contribution < 1.29 is 19.1 Å². The first-order chi connectivity index (χ1) is 8.69. The fourth-order valence-electron chi connectivity index (χ4n) is 2.11. The van der Waals surface area contributed by atoms with E-state index in [9.17, 15) is 9.59 Å². The summed E-state index contributed by atoms with van der Waals surface area (Å²) >= 11 is 0. The van der Waals surface area contributed by atoms with Gasteiger partial charge in [-0.25, -0.2) is 0 Å². The normalized spacial score (nSPS) is 23.4. The topological polar surface area (TPSA) is 64.6 Å². The predicted molar refractivity (Wildman–Crippen MR) is 67.0 cm³/mol. The van der Waals surface area contributed by atoms with E-state index in [-0.39, 0.29) is 23.8 Å². The monoisotopic (exact) mass is 257 g/mol. The zero-order valence-electron chi connectivity index (χ0n) is 11.2. The standard InChI is InChI=1S/C13H23NO4/c1-3-4-5-6-12(15)14-11-7-8-18-9-10(11)13(16)17-2/h10-11H,3-9H2,1-2H3,(H,14,15)/t10-,11+/m0/s1. The first-order valence-corrected chi connectivity index (χ1v) is 6.64. The van der Waals surface area contributed by atoms with E-state index in [2.05, 4.69) is 12.2 Å². The molecule has 1 N–H and O–H groups in total. The maximum absolute atomic E-state index is 11.7. The highest BCUT2D eigenvalue weighted by Gasteiger charge is 2.33. The first-order valence-electron chi connectivity index (χ1n) is 6.64. The van der Waals surface area contributed by atoms with Crippen LogP contribution < -0.4 is 5.32 Å². The minimum Gasteiger partial charge on any atom is -0.469 e. The Morgan fingerprint density at radius 3 is 2.83 bits per heavy atom. The van der Waals surface area contributed by atoms with E-state index in [4.69, 9.17) is 9.47 Å². The Kier molecular flexibility index (Phi) is 6.72. The Bertz CT molecular complexity index is 280. The van der Waals surface area contributed by atoms with E-state index >= 15 is 0 Å². The molecule has 0 spiro atoms. The molecule has 0 radical (unpaired) electrons. The zero-order chi connectivity index (χ0) is 13.4. The van der Waals surface area contributed by atoms with Gasteiger partial charge in [0.05, 0.1) is 13.7 Å². The fraction of sp³-hybridized carbons (Fsp3) is 0.846. The van der Waals surface area contributed by atoms with Crippen molar-refractivity contribution in [1.82, 2.24) is 5.32 Å². The molecule has 1 rings (SSSR count). The number of hydrogen-bond acceptors (Lipinski definition) is 4. The van der Waals surface area contributed by atoms with Crippen LogP contribution in [0.2, 0.25) is 0 Å². The molecule has 18 heavy (non-hydrogen) atoms. The number of ether oxygens (including phenoxy) is 2. The number of methoxy groups -OCH3 is 1. The quantitative estimate of drug-likeness (QED) is 0.574. The Balaban J connectivity index is 2.41. The SMILES string of the molecule is CCCCCC(=O)N[C@@H]1CCOC[C@@H]1C(=O)OC. The van der Waals surface area contributed by atoms with E-state index in [1.54, 1.807) is 0 Å². The molecule has 1 fully saturated rings. The lowest BCUT2D eigenvalue weighted by Gasteiger charge is -2.30. The van der Waals surface area contributed by atoms with Crippen molar-refractivity contribution in [1.29, 1.82) is 0 Å². The highest BCUT2D eigenvalue weighted by Crippen LogP contribution is 2.16. The molecule has 2 atom stereocenters. The molecule has 1 aliphatic rings. The van der Waals surface area contributed by atoms with Crippen molar-refractivity contribution in [3.05, 3.63) is 0 Å². The van der Waals surface area contributed by atoms with E-state index in [1.807, 2.05) is 0 Å². The maximum Gasteiger partial charge on any atom is 0.313 e. The van der Waals surface area contributed by atoms with E-state index in [0.717, 1.165) is 19.3 Å². The Morgan fingerprint density at radius 1 is 1.39 bits per heavy atom. The Labute approximate surface area is 108 Å². The third-order valence-electron chi connectivity index (χ3n) is 3.21. The maximum atomic E-state index is 11.7. The van der Waals surface area contributed by atoms with Crippen LogP contribution in [-0.4, -0.2) is 38.2 Å². The van der Waals surface area contributed by atoms with Crippen molar-refractivity contribution in [2.24, 2.45) is 5.92 Å². The number of carbonyl (C=O) groups is 2. The van der Waals surface area contributed by atoms with Crippen LogP contribution in [0.3, 0.4) is 0 Å². The van der Waals surface area contributed by atoms with Gasteiger partial charge in [0, 0.05) is 19.1 Å². The van der Waals surface area contributed by atoms with Crippen molar-refractivity contribution in [2.45, 2.75) is 45.1 Å². The molecule has 1 amide bonds. The lowest BCUT2D eigenvalue weighted by atomic mass is 9.95. The molecule has 0 aromatic rings. The van der Waals surface area contributed by atoms with E-state index < -0.39 is 0 Å². The first kappa shape index (κ1) is 15.0. The number of unbranched alkanes of at least 4 members (excludes halogenated alkanes) is 2. The van der Waals surface area contributed by atoms with Crippen molar-refractivity contribution in [3.8, 4) is 0 Å². The second kappa shape index (κ2) is 8.08. The van der Waals surface area contributed by atoms with Gasteiger partial charge in [-0.3, -0.25) is 9.59 Å². The summed E-state index contributed by atoms with van der Waals surface area (Å²) in [7, 11) is 1.36. The Morgan fingerprint density at radius 2 is 2.17 bits per heavy atom. The number of amides is 1. The molecule has 1 aliphatic heterocycles. The minimum absolute atomic E-state index is 0.0178. The van der Waals surface area contributed by atoms with Crippen LogP contribution in [-0.2, 0) is 19.1 Å². The lowest BCUT2D eigenvalue weighted by Crippen LogP contribution is -2.48. The van der Waals surface area contributed by atoms with Gasteiger partial charge in [-0.2, -0.15) is 0 Å². The van der Waals surface area contributed by atoms with Gasteiger partial charge in [0.2, 0.25) is 5.91 Å². The Hall–Kier alpha value is -1.10. The summed E-state index contributed by atoms with van der Waals surface area (Å²) in [4.78, 5) is 23.3. The summed E-state index contributed by atoms with van der Waals surface area (Å²) in [5.74, 6) is -0.670. The average molecular weight is 257 g/mol. The number of nitrogens with one attached hydrogen (secondary N) is 1. The van der Waals surface area contributed by atoms with E-state index in [1.165, 1.54) is 7.11 Å². The third-order valence-corrected chi connectivity index (χ3v) is 3.21. The van der Waals surface area contributed by atoms with Gasteiger partial charge in [0.25, 0.3) is 0 Å². The van der Waals surface area contributed by atoms with Gasteiger partial charge in [0.15, 0.2) is 0 Å². The van der Waals surface area contributed by atoms with Gasteiger partial charge < -0.3 is 14.8 Å². The van der Waals surface area contributed by atoms with Gasteiger partial charge >= 0.3 is 5.97 Å². The summed E-state index contributed by atoms with van der Waals surface area (Å²) < 4.78 is 9.99. The smallest absolute Gasteiger partial charge is 0.313 e. The molecule has 5 heteroatoms. The second-order valence-corrected chi connectivity index (χ2v) is 4.62. The molecule has 0 bridgehead atoms.